The van der Waals surface area contributed by atoms with Gasteiger partial charge in [-0.25, -0.2) is 5.01 Å². The fourth-order valence-electron chi connectivity index (χ4n) is 3.67. The highest BCUT2D eigenvalue weighted by Gasteiger charge is 2.10. The number of allylic oxidation sites excluding steroid dienone is 1. The Kier molecular flexibility index (Phi) is 6.39. The SMILES string of the molecule is Cc1ccccc1C(=C/C=N/N(c1ccccc1)c1ccccc1)c1ccccc1C. The van der Waals surface area contributed by atoms with Crippen LogP contribution in [0.25, 0.3) is 5.57 Å². The molecule has 2 heteroatoms. The molecule has 0 saturated carbocycles. The first-order valence-corrected chi connectivity index (χ1v) is 10.5. The van der Waals surface area contributed by atoms with E-state index in [9.17, 15) is 0 Å². The van der Waals surface area contributed by atoms with E-state index in [1.807, 2.05) is 47.6 Å². The van der Waals surface area contributed by atoms with Gasteiger partial charge in [-0.2, -0.15) is 5.10 Å². The van der Waals surface area contributed by atoms with Gasteiger partial charge in [-0.15, -0.1) is 0 Å². The van der Waals surface area contributed by atoms with E-state index in [2.05, 4.69) is 92.7 Å². The number of hydrogen-bond donors (Lipinski definition) is 0. The summed E-state index contributed by atoms with van der Waals surface area (Å²) < 4.78 is 0. The molecule has 0 saturated heterocycles. The van der Waals surface area contributed by atoms with Gasteiger partial charge in [-0.1, -0.05) is 84.9 Å². The van der Waals surface area contributed by atoms with Crippen molar-refractivity contribution < 1.29 is 0 Å². The summed E-state index contributed by atoms with van der Waals surface area (Å²) >= 11 is 0. The van der Waals surface area contributed by atoms with Gasteiger partial charge in [-0.3, -0.25) is 0 Å². The standard InChI is InChI=1S/C29H26N2/c1-23-13-9-11-19-27(23)29(28-20-12-10-14-24(28)2)21-22-30-31(25-15-5-3-6-16-25)26-17-7-4-8-18-26/h3-22H,1-2H3/b30-22+. The molecule has 0 radical (unpaired) electrons. The van der Waals surface area contributed by atoms with Gasteiger partial charge in [-0.05, 0) is 72.0 Å². The molecule has 0 atom stereocenters. The molecule has 0 amide bonds. The molecule has 0 aromatic heterocycles. The largest absolute Gasteiger partial charge is 0.234 e. The van der Waals surface area contributed by atoms with Gasteiger partial charge in [0, 0.05) is 6.21 Å². The zero-order valence-electron chi connectivity index (χ0n) is 17.9. The van der Waals surface area contributed by atoms with Crippen molar-refractivity contribution in [3.8, 4) is 0 Å². The molecule has 31 heavy (non-hydrogen) atoms. The fourth-order valence-corrected chi connectivity index (χ4v) is 3.67. The van der Waals surface area contributed by atoms with Crippen LogP contribution in [0.5, 0.6) is 0 Å². The number of para-hydroxylation sites is 2. The van der Waals surface area contributed by atoms with Crippen LogP contribution >= 0.6 is 0 Å². The van der Waals surface area contributed by atoms with E-state index in [-0.39, 0.29) is 0 Å². The van der Waals surface area contributed by atoms with Crippen molar-refractivity contribution in [3.05, 3.63) is 138 Å². The van der Waals surface area contributed by atoms with Crippen LogP contribution in [0.2, 0.25) is 0 Å². The van der Waals surface area contributed by atoms with Gasteiger partial charge in [0.2, 0.25) is 0 Å². The average Bonchev–Trinajstić information content (AvgIpc) is 2.82. The van der Waals surface area contributed by atoms with E-state index in [0.29, 0.717) is 0 Å². The highest BCUT2D eigenvalue weighted by Crippen LogP contribution is 2.29. The number of aryl methyl sites for hydroxylation is 2. The fraction of sp³-hybridized carbons (Fsp3) is 0.0690. The topological polar surface area (TPSA) is 15.6 Å². The van der Waals surface area contributed by atoms with Crippen LogP contribution in [-0.4, -0.2) is 6.21 Å². The lowest BCUT2D eigenvalue weighted by Crippen LogP contribution is -2.08. The summed E-state index contributed by atoms with van der Waals surface area (Å²) in [6.07, 6.45) is 4.01. The Morgan fingerprint density at radius 3 is 1.45 bits per heavy atom. The molecule has 0 aliphatic rings. The Morgan fingerprint density at radius 2 is 1.00 bits per heavy atom. The Balaban J connectivity index is 1.78. The first-order chi connectivity index (χ1) is 15.2. The summed E-state index contributed by atoms with van der Waals surface area (Å²) in [6, 6.07) is 37.4. The molecule has 0 heterocycles. The Labute approximate surface area is 184 Å². The van der Waals surface area contributed by atoms with Crippen LogP contribution in [0.1, 0.15) is 22.3 Å². The first-order valence-electron chi connectivity index (χ1n) is 10.5. The van der Waals surface area contributed by atoms with E-state index in [1.54, 1.807) is 0 Å². The minimum atomic E-state index is 1.02. The van der Waals surface area contributed by atoms with Crippen molar-refractivity contribution >= 4 is 23.2 Å². The number of rotatable bonds is 6. The van der Waals surface area contributed by atoms with E-state index in [1.165, 1.54) is 27.8 Å². The minimum Gasteiger partial charge on any atom is -0.234 e. The maximum Gasteiger partial charge on any atom is 0.0652 e. The molecule has 2 nitrogen and oxygen atoms in total. The van der Waals surface area contributed by atoms with Gasteiger partial charge >= 0.3 is 0 Å². The van der Waals surface area contributed by atoms with Crippen LogP contribution in [0, 0.1) is 13.8 Å². The van der Waals surface area contributed by atoms with Gasteiger partial charge < -0.3 is 0 Å². The van der Waals surface area contributed by atoms with Crippen LogP contribution < -0.4 is 5.01 Å². The minimum absolute atomic E-state index is 1.02. The molecule has 0 unspecified atom stereocenters. The van der Waals surface area contributed by atoms with Crippen molar-refractivity contribution in [2.75, 3.05) is 5.01 Å². The van der Waals surface area contributed by atoms with Crippen molar-refractivity contribution in [2.45, 2.75) is 13.8 Å². The maximum atomic E-state index is 4.85. The van der Waals surface area contributed by atoms with E-state index in [0.717, 1.165) is 11.4 Å². The average molecular weight is 403 g/mol. The predicted molar refractivity (Wildman–Crippen MR) is 133 cm³/mol. The summed E-state index contributed by atoms with van der Waals surface area (Å²) in [4.78, 5) is 0. The molecule has 152 valence electrons. The van der Waals surface area contributed by atoms with E-state index >= 15 is 0 Å². The molecule has 0 N–H and O–H groups in total. The van der Waals surface area contributed by atoms with Crippen molar-refractivity contribution in [3.63, 3.8) is 0 Å². The Bertz CT molecular complexity index is 1100. The molecule has 4 aromatic rings. The second kappa shape index (κ2) is 9.73. The second-order valence-electron chi connectivity index (χ2n) is 7.46. The molecule has 0 fully saturated rings. The summed E-state index contributed by atoms with van der Waals surface area (Å²) in [5, 5.41) is 6.81. The highest BCUT2D eigenvalue weighted by molar-refractivity contribution is 5.93. The number of anilines is 2. The van der Waals surface area contributed by atoms with Crippen LogP contribution in [0.15, 0.2) is 120 Å². The van der Waals surface area contributed by atoms with E-state index in [4.69, 9.17) is 5.10 Å². The Hall–Kier alpha value is -3.91. The third-order valence-electron chi connectivity index (χ3n) is 5.30. The van der Waals surface area contributed by atoms with Crippen LogP contribution in [0.3, 0.4) is 0 Å². The molecule has 0 bridgehead atoms. The summed E-state index contributed by atoms with van der Waals surface area (Å²) in [5.41, 5.74) is 8.13. The quantitative estimate of drug-likeness (QED) is 0.240. The molecular formula is C29H26N2. The normalized spacial score (nSPS) is 10.8. The van der Waals surface area contributed by atoms with Gasteiger partial charge in [0.1, 0.15) is 0 Å². The van der Waals surface area contributed by atoms with Gasteiger partial charge in [0.15, 0.2) is 0 Å². The lowest BCUT2D eigenvalue weighted by molar-refractivity contribution is 1.09. The van der Waals surface area contributed by atoms with Crippen molar-refractivity contribution in [1.82, 2.24) is 0 Å². The number of benzene rings is 4. The predicted octanol–water partition coefficient (Wildman–Crippen LogP) is 7.56. The zero-order valence-corrected chi connectivity index (χ0v) is 17.9. The lowest BCUT2D eigenvalue weighted by atomic mass is 9.91. The molecule has 4 rings (SSSR count). The number of nitrogens with zero attached hydrogens (tertiary/aromatic N) is 2. The van der Waals surface area contributed by atoms with Gasteiger partial charge in [0.25, 0.3) is 0 Å². The highest BCUT2D eigenvalue weighted by atomic mass is 15.5. The second-order valence-corrected chi connectivity index (χ2v) is 7.46. The molecule has 0 aliphatic heterocycles. The van der Waals surface area contributed by atoms with E-state index < -0.39 is 0 Å². The molecule has 0 spiro atoms. The molecule has 0 aliphatic carbocycles. The first kappa shape index (κ1) is 20.4. The summed E-state index contributed by atoms with van der Waals surface area (Å²) in [7, 11) is 0. The Morgan fingerprint density at radius 1 is 0.581 bits per heavy atom. The lowest BCUT2D eigenvalue weighted by Gasteiger charge is -2.19. The zero-order chi connectivity index (χ0) is 21.5. The summed E-state index contributed by atoms with van der Waals surface area (Å²) in [5.74, 6) is 0. The third kappa shape index (κ3) is 4.81. The third-order valence-corrected chi connectivity index (χ3v) is 5.30. The van der Waals surface area contributed by atoms with Crippen molar-refractivity contribution in [1.29, 1.82) is 0 Å². The maximum absolute atomic E-state index is 4.85. The van der Waals surface area contributed by atoms with Crippen LogP contribution in [0.4, 0.5) is 11.4 Å². The monoisotopic (exact) mass is 402 g/mol. The molecular weight excluding hydrogens is 376 g/mol. The van der Waals surface area contributed by atoms with Gasteiger partial charge in [0.05, 0.1) is 11.4 Å². The van der Waals surface area contributed by atoms with Crippen LogP contribution in [-0.2, 0) is 0 Å². The summed E-state index contributed by atoms with van der Waals surface area (Å²) in [6.45, 7) is 4.30. The number of hydrazone groups is 1. The molecule has 4 aromatic carbocycles. The number of hydrogen-bond acceptors (Lipinski definition) is 2. The smallest absolute Gasteiger partial charge is 0.0652 e. The van der Waals surface area contributed by atoms with Crippen molar-refractivity contribution in [2.24, 2.45) is 5.10 Å².